The maximum absolute atomic E-state index is 6.02. The lowest BCUT2D eigenvalue weighted by Gasteiger charge is -2.41. The molecular weight excluding hydrogens is 274 g/mol. The van der Waals surface area contributed by atoms with Gasteiger partial charge in [-0.1, -0.05) is 52.4 Å². The fourth-order valence-corrected chi connectivity index (χ4v) is 2.71. The van der Waals surface area contributed by atoms with E-state index in [-0.39, 0.29) is 5.54 Å². The predicted molar refractivity (Wildman–Crippen MR) is 96.1 cm³/mol. The Bertz CT molecular complexity index is 248. The van der Waals surface area contributed by atoms with E-state index in [1.165, 1.54) is 38.5 Å². The summed E-state index contributed by atoms with van der Waals surface area (Å²) in [5.41, 5.74) is 0.0193. The third-order valence-corrected chi connectivity index (χ3v) is 4.28. The fraction of sp³-hybridized carbons (Fsp3) is 1.00. The Hall–Kier alpha value is -0.120. The standard InChI is InChI=1S/C19H41NO2/c1-7-11-12-13-14-15-16-17-19(21-9-3,22-10-4)20-18(5,6)8-2/h20H,7-17H2,1-6H3. The van der Waals surface area contributed by atoms with Gasteiger partial charge in [-0.05, 0) is 40.5 Å². The SMILES string of the molecule is CCCCCCCCCC(NC(C)(C)CC)(OCC)OCC. The number of rotatable bonds is 15. The van der Waals surface area contributed by atoms with Crippen LogP contribution < -0.4 is 5.32 Å². The van der Waals surface area contributed by atoms with Crippen LogP contribution in [0.5, 0.6) is 0 Å². The van der Waals surface area contributed by atoms with Gasteiger partial charge in [0.1, 0.15) is 0 Å². The second kappa shape index (κ2) is 12.3. The zero-order chi connectivity index (χ0) is 16.9. The smallest absolute Gasteiger partial charge is 0.227 e. The molecule has 0 fully saturated rings. The van der Waals surface area contributed by atoms with Crippen molar-refractivity contribution in [1.82, 2.24) is 5.32 Å². The molecule has 0 aliphatic heterocycles. The minimum absolute atomic E-state index is 0.0193. The molecule has 0 amide bonds. The Morgan fingerprint density at radius 3 is 1.68 bits per heavy atom. The van der Waals surface area contributed by atoms with E-state index in [9.17, 15) is 0 Å². The first kappa shape index (κ1) is 21.9. The monoisotopic (exact) mass is 315 g/mol. The molecule has 0 aliphatic carbocycles. The molecule has 0 atom stereocenters. The van der Waals surface area contributed by atoms with Crippen molar-refractivity contribution < 1.29 is 9.47 Å². The molecule has 0 aromatic rings. The third kappa shape index (κ3) is 9.81. The summed E-state index contributed by atoms with van der Waals surface area (Å²) < 4.78 is 12.0. The molecule has 0 rings (SSSR count). The molecule has 0 aromatic heterocycles. The average molecular weight is 316 g/mol. The van der Waals surface area contributed by atoms with E-state index in [0.717, 1.165) is 19.3 Å². The van der Waals surface area contributed by atoms with E-state index in [4.69, 9.17) is 9.47 Å². The van der Waals surface area contributed by atoms with Gasteiger partial charge in [0.25, 0.3) is 0 Å². The number of hydrogen-bond acceptors (Lipinski definition) is 3. The Morgan fingerprint density at radius 2 is 1.23 bits per heavy atom. The summed E-state index contributed by atoms with van der Waals surface area (Å²) in [6, 6.07) is 0. The van der Waals surface area contributed by atoms with Crippen LogP contribution in [0.25, 0.3) is 0 Å². The Kier molecular flexibility index (Phi) is 12.3. The lowest BCUT2D eigenvalue weighted by Crippen LogP contribution is -2.58. The van der Waals surface area contributed by atoms with Crippen molar-refractivity contribution in [2.45, 2.75) is 111 Å². The molecule has 0 saturated carbocycles. The van der Waals surface area contributed by atoms with Gasteiger partial charge in [-0.25, -0.2) is 0 Å². The van der Waals surface area contributed by atoms with Crippen LogP contribution in [0.1, 0.15) is 99.3 Å². The van der Waals surface area contributed by atoms with Crippen LogP contribution in [0.15, 0.2) is 0 Å². The van der Waals surface area contributed by atoms with E-state index < -0.39 is 5.91 Å². The van der Waals surface area contributed by atoms with E-state index in [1.54, 1.807) is 0 Å². The van der Waals surface area contributed by atoms with Crippen LogP contribution in [-0.4, -0.2) is 24.7 Å². The minimum Gasteiger partial charge on any atom is -0.338 e. The summed E-state index contributed by atoms with van der Waals surface area (Å²) in [5, 5.41) is 3.63. The van der Waals surface area contributed by atoms with Crippen molar-refractivity contribution in [3.05, 3.63) is 0 Å². The van der Waals surface area contributed by atoms with Gasteiger partial charge in [0.2, 0.25) is 5.91 Å². The molecule has 0 saturated heterocycles. The van der Waals surface area contributed by atoms with Crippen LogP contribution >= 0.6 is 0 Å². The summed E-state index contributed by atoms with van der Waals surface area (Å²) >= 11 is 0. The largest absolute Gasteiger partial charge is 0.338 e. The topological polar surface area (TPSA) is 30.5 Å². The molecule has 0 aliphatic rings. The van der Waals surface area contributed by atoms with Gasteiger partial charge in [0.15, 0.2) is 0 Å². The van der Waals surface area contributed by atoms with Crippen molar-refractivity contribution in [3.63, 3.8) is 0 Å². The fourth-order valence-electron chi connectivity index (χ4n) is 2.71. The van der Waals surface area contributed by atoms with Crippen LogP contribution in [0.2, 0.25) is 0 Å². The van der Waals surface area contributed by atoms with Gasteiger partial charge >= 0.3 is 0 Å². The maximum atomic E-state index is 6.02. The van der Waals surface area contributed by atoms with Gasteiger partial charge in [-0.3, -0.25) is 5.32 Å². The summed E-state index contributed by atoms with van der Waals surface area (Å²) in [7, 11) is 0. The Morgan fingerprint density at radius 1 is 0.727 bits per heavy atom. The van der Waals surface area contributed by atoms with Crippen LogP contribution in [-0.2, 0) is 9.47 Å². The van der Waals surface area contributed by atoms with E-state index in [0.29, 0.717) is 13.2 Å². The second-order valence-electron chi connectivity index (χ2n) is 6.85. The highest BCUT2D eigenvalue weighted by Gasteiger charge is 2.35. The van der Waals surface area contributed by atoms with Gasteiger partial charge in [-0.15, -0.1) is 0 Å². The summed E-state index contributed by atoms with van der Waals surface area (Å²) in [4.78, 5) is 0. The number of hydrogen-bond donors (Lipinski definition) is 1. The molecule has 134 valence electrons. The molecule has 1 N–H and O–H groups in total. The molecule has 0 spiro atoms. The molecule has 3 nitrogen and oxygen atoms in total. The molecule has 0 heterocycles. The molecule has 3 heteroatoms. The van der Waals surface area contributed by atoms with Gasteiger partial charge in [0.05, 0.1) is 0 Å². The van der Waals surface area contributed by atoms with E-state index >= 15 is 0 Å². The Balaban J connectivity index is 4.39. The van der Waals surface area contributed by atoms with Crippen molar-refractivity contribution in [2.24, 2.45) is 0 Å². The Labute approximate surface area is 139 Å². The lowest BCUT2D eigenvalue weighted by atomic mass is 10.00. The number of unbranched alkanes of at least 4 members (excludes halogenated alkanes) is 6. The lowest BCUT2D eigenvalue weighted by molar-refractivity contribution is -0.266. The van der Waals surface area contributed by atoms with Crippen molar-refractivity contribution in [3.8, 4) is 0 Å². The predicted octanol–water partition coefficient (Wildman–Crippen LogP) is 5.63. The second-order valence-corrected chi connectivity index (χ2v) is 6.85. The zero-order valence-corrected chi connectivity index (χ0v) is 16.1. The van der Waals surface area contributed by atoms with Crippen molar-refractivity contribution in [2.75, 3.05) is 13.2 Å². The average Bonchev–Trinajstić information content (AvgIpc) is 2.46. The first-order valence-corrected chi connectivity index (χ1v) is 9.52. The van der Waals surface area contributed by atoms with Crippen molar-refractivity contribution >= 4 is 0 Å². The van der Waals surface area contributed by atoms with E-state index in [2.05, 4.69) is 33.0 Å². The minimum atomic E-state index is -0.619. The zero-order valence-electron chi connectivity index (χ0n) is 16.1. The third-order valence-electron chi connectivity index (χ3n) is 4.28. The van der Waals surface area contributed by atoms with Gasteiger partial charge in [-0.2, -0.15) is 0 Å². The van der Waals surface area contributed by atoms with Crippen LogP contribution in [0, 0.1) is 0 Å². The first-order chi connectivity index (χ1) is 10.4. The molecule has 22 heavy (non-hydrogen) atoms. The van der Waals surface area contributed by atoms with Crippen LogP contribution in [0.4, 0.5) is 0 Å². The van der Waals surface area contributed by atoms with E-state index in [1.807, 2.05) is 13.8 Å². The number of nitrogens with one attached hydrogen (secondary N) is 1. The first-order valence-electron chi connectivity index (χ1n) is 9.52. The maximum Gasteiger partial charge on any atom is 0.227 e. The molecule has 0 aromatic carbocycles. The van der Waals surface area contributed by atoms with Crippen LogP contribution in [0.3, 0.4) is 0 Å². The highest BCUT2D eigenvalue weighted by Crippen LogP contribution is 2.24. The molecule has 0 unspecified atom stereocenters. The molecular formula is C19H41NO2. The highest BCUT2D eigenvalue weighted by atomic mass is 16.7. The summed E-state index contributed by atoms with van der Waals surface area (Å²) in [5.74, 6) is -0.619. The summed E-state index contributed by atoms with van der Waals surface area (Å²) in [6.45, 7) is 14.3. The van der Waals surface area contributed by atoms with Gasteiger partial charge < -0.3 is 9.47 Å². The normalized spacial score (nSPS) is 12.8. The summed E-state index contributed by atoms with van der Waals surface area (Å²) in [6.07, 6.45) is 11.1. The highest BCUT2D eigenvalue weighted by molar-refractivity contribution is 4.82. The number of ether oxygens (including phenoxy) is 2. The quantitative estimate of drug-likeness (QED) is 0.314. The van der Waals surface area contributed by atoms with Gasteiger partial charge in [0, 0.05) is 25.2 Å². The molecule has 0 radical (unpaired) electrons. The van der Waals surface area contributed by atoms with Crippen molar-refractivity contribution in [1.29, 1.82) is 0 Å². The molecule has 0 bridgehead atoms.